The monoisotopic (exact) mass is 184 g/mol. The van der Waals surface area contributed by atoms with Crippen molar-refractivity contribution in [2.24, 2.45) is 0 Å². The summed E-state index contributed by atoms with van der Waals surface area (Å²) in [6, 6.07) is 0. The summed E-state index contributed by atoms with van der Waals surface area (Å²) in [5, 5.41) is 9.20. The van der Waals surface area contributed by atoms with Crippen LogP contribution in [0.1, 0.15) is 6.92 Å². The molecule has 1 aromatic rings. The van der Waals surface area contributed by atoms with Crippen molar-refractivity contribution in [2.75, 3.05) is 23.4 Å². The summed E-state index contributed by atoms with van der Waals surface area (Å²) >= 11 is 0. The Bertz CT molecular complexity index is 281. The molecule has 1 unspecified atom stereocenters. The molecular weight excluding hydrogens is 172 g/mol. The number of hydrogen-bond acceptors (Lipinski definition) is 7. The summed E-state index contributed by atoms with van der Waals surface area (Å²) in [4.78, 5) is 12.6. The van der Waals surface area contributed by atoms with Crippen LogP contribution < -0.4 is 16.4 Å². The molecule has 72 valence electrons. The lowest BCUT2D eigenvalue weighted by Crippen LogP contribution is -2.30. The molecule has 0 aliphatic carbocycles. The Hall–Kier alpha value is -1.63. The average Bonchev–Trinajstić information content (AvgIpc) is 2.01. The minimum atomic E-state index is -0.707. The first-order valence-corrected chi connectivity index (χ1v) is 3.68. The normalized spacial score (nSPS) is 12.5. The van der Waals surface area contributed by atoms with Crippen LogP contribution in [0, 0.1) is 0 Å². The van der Waals surface area contributed by atoms with Crippen molar-refractivity contribution in [1.82, 2.24) is 15.0 Å². The third-order valence-electron chi connectivity index (χ3n) is 1.53. The molecule has 0 fully saturated rings. The molecule has 5 N–H and O–H groups in total. The highest BCUT2D eigenvalue weighted by Crippen LogP contribution is 2.09. The highest BCUT2D eigenvalue weighted by molar-refractivity contribution is 5.39. The van der Waals surface area contributed by atoms with Crippen LogP contribution in [0.5, 0.6) is 0 Å². The van der Waals surface area contributed by atoms with Gasteiger partial charge in [0.1, 0.15) is 6.23 Å². The fourth-order valence-electron chi connectivity index (χ4n) is 0.722. The van der Waals surface area contributed by atoms with Crippen molar-refractivity contribution in [2.45, 2.75) is 13.2 Å². The van der Waals surface area contributed by atoms with Crippen molar-refractivity contribution in [1.29, 1.82) is 0 Å². The zero-order valence-corrected chi connectivity index (χ0v) is 7.47. The summed E-state index contributed by atoms with van der Waals surface area (Å²) < 4.78 is 0. The first-order valence-electron chi connectivity index (χ1n) is 3.68. The Balaban J connectivity index is 3.01. The van der Waals surface area contributed by atoms with Gasteiger partial charge in [-0.15, -0.1) is 0 Å². The Morgan fingerprint density at radius 3 is 2.08 bits per heavy atom. The lowest BCUT2D eigenvalue weighted by atomic mass is 10.6. The molecule has 0 saturated heterocycles. The maximum Gasteiger partial charge on any atom is 0.233 e. The van der Waals surface area contributed by atoms with Crippen molar-refractivity contribution in [3.05, 3.63) is 0 Å². The second kappa shape index (κ2) is 3.40. The Morgan fingerprint density at radius 1 is 1.23 bits per heavy atom. The largest absolute Gasteiger partial charge is 0.374 e. The molecule has 1 rings (SSSR count). The van der Waals surface area contributed by atoms with Crippen LogP contribution in [0.25, 0.3) is 0 Å². The molecule has 7 heteroatoms. The number of nitrogen functional groups attached to an aromatic ring is 2. The third kappa shape index (κ3) is 2.15. The number of nitrogens with two attached hydrogens (primary N) is 2. The van der Waals surface area contributed by atoms with Crippen molar-refractivity contribution in [3.8, 4) is 0 Å². The third-order valence-corrected chi connectivity index (χ3v) is 1.53. The minimum absolute atomic E-state index is 0.0370. The van der Waals surface area contributed by atoms with E-state index in [1.807, 2.05) is 0 Å². The number of hydrogen-bond donors (Lipinski definition) is 3. The lowest BCUT2D eigenvalue weighted by molar-refractivity contribution is 0.193. The van der Waals surface area contributed by atoms with Gasteiger partial charge in [0.25, 0.3) is 0 Å². The molecule has 0 amide bonds. The standard InChI is InChI=1S/C6H12N6O/c1-3(13)12(2)6-10-4(7)9-5(8)11-6/h3,13H,1-2H3,(H4,7,8,9,10,11). The Labute approximate surface area is 75.4 Å². The second-order valence-corrected chi connectivity index (χ2v) is 2.59. The molecule has 0 aliphatic heterocycles. The molecule has 0 aliphatic rings. The highest BCUT2D eigenvalue weighted by atomic mass is 16.3. The molecule has 0 aromatic carbocycles. The van der Waals surface area contributed by atoms with Gasteiger partial charge < -0.3 is 21.5 Å². The molecule has 0 radical (unpaired) electrons. The van der Waals surface area contributed by atoms with E-state index in [9.17, 15) is 5.11 Å². The predicted molar refractivity (Wildman–Crippen MR) is 48.7 cm³/mol. The summed E-state index contributed by atoms with van der Waals surface area (Å²) in [5.41, 5.74) is 10.7. The van der Waals surface area contributed by atoms with E-state index < -0.39 is 6.23 Å². The highest BCUT2D eigenvalue weighted by Gasteiger charge is 2.10. The Morgan fingerprint density at radius 2 is 1.69 bits per heavy atom. The molecule has 1 atom stereocenters. The summed E-state index contributed by atoms with van der Waals surface area (Å²) in [6.45, 7) is 1.58. The number of aliphatic hydroxyl groups is 1. The quantitative estimate of drug-likeness (QED) is 0.495. The van der Waals surface area contributed by atoms with E-state index in [0.29, 0.717) is 0 Å². The summed E-state index contributed by atoms with van der Waals surface area (Å²) in [6.07, 6.45) is -0.707. The predicted octanol–water partition coefficient (Wildman–Crippen LogP) is -1.19. The number of nitrogens with zero attached hydrogens (tertiary/aromatic N) is 4. The van der Waals surface area contributed by atoms with Gasteiger partial charge in [0.05, 0.1) is 0 Å². The minimum Gasteiger partial charge on any atom is -0.374 e. The van der Waals surface area contributed by atoms with Crippen LogP contribution in [0.4, 0.5) is 17.8 Å². The van der Waals surface area contributed by atoms with Gasteiger partial charge in [0, 0.05) is 7.05 Å². The maximum absolute atomic E-state index is 9.20. The van der Waals surface area contributed by atoms with Crippen LogP contribution in [-0.2, 0) is 0 Å². The summed E-state index contributed by atoms with van der Waals surface area (Å²) in [7, 11) is 1.62. The van der Waals surface area contributed by atoms with Gasteiger partial charge in [-0.05, 0) is 6.92 Å². The van der Waals surface area contributed by atoms with Gasteiger partial charge in [0.15, 0.2) is 0 Å². The van der Waals surface area contributed by atoms with E-state index >= 15 is 0 Å². The van der Waals surface area contributed by atoms with E-state index in [-0.39, 0.29) is 17.8 Å². The van der Waals surface area contributed by atoms with Crippen LogP contribution in [0.2, 0.25) is 0 Å². The lowest BCUT2D eigenvalue weighted by Gasteiger charge is -2.19. The van der Waals surface area contributed by atoms with Gasteiger partial charge in [-0.2, -0.15) is 15.0 Å². The molecule has 1 heterocycles. The fraction of sp³-hybridized carbons (Fsp3) is 0.500. The molecule has 0 bridgehead atoms. The number of rotatable bonds is 2. The van der Waals surface area contributed by atoms with Gasteiger partial charge in [-0.1, -0.05) is 0 Å². The molecule has 13 heavy (non-hydrogen) atoms. The van der Waals surface area contributed by atoms with Gasteiger partial charge in [0.2, 0.25) is 17.8 Å². The van der Waals surface area contributed by atoms with Crippen LogP contribution >= 0.6 is 0 Å². The number of anilines is 3. The maximum atomic E-state index is 9.20. The zero-order chi connectivity index (χ0) is 10.0. The first kappa shape index (κ1) is 9.46. The molecular formula is C6H12N6O. The SMILES string of the molecule is CC(O)N(C)c1nc(N)nc(N)n1. The number of aromatic nitrogens is 3. The molecule has 0 spiro atoms. The zero-order valence-electron chi connectivity index (χ0n) is 7.47. The topological polar surface area (TPSA) is 114 Å². The van der Waals surface area contributed by atoms with E-state index in [1.54, 1.807) is 14.0 Å². The molecule has 1 aromatic heterocycles. The smallest absolute Gasteiger partial charge is 0.233 e. The van der Waals surface area contributed by atoms with Crippen LogP contribution in [0.15, 0.2) is 0 Å². The van der Waals surface area contributed by atoms with E-state index in [0.717, 1.165) is 0 Å². The van der Waals surface area contributed by atoms with Crippen molar-refractivity contribution < 1.29 is 5.11 Å². The van der Waals surface area contributed by atoms with Crippen molar-refractivity contribution >= 4 is 17.8 Å². The van der Waals surface area contributed by atoms with Gasteiger partial charge in [-0.3, -0.25) is 0 Å². The average molecular weight is 184 g/mol. The van der Waals surface area contributed by atoms with Gasteiger partial charge >= 0.3 is 0 Å². The van der Waals surface area contributed by atoms with E-state index in [1.165, 1.54) is 4.90 Å². The van der Waals surface area contributed by atoms with Crippen LogP contribution in [0.3, 0.4) is 0 Å². The number of aliphatic hydroxyl groups excluding tert-OH is 1. The second-order valence-electron chi connectivity index (χ2n) is 2.59. The molecule has 0 saturated carbocycles. The Kier molecular flexibility index (Phi) is 2.47. The van der Waals surface area contributed by atoms with Crippen LogP contribution in [-0.4, -0.2) is 33.3 Å². The van der Waals surface area contributed by atoms with E-state index in [2.05, 4.69) is 15.0 Å². The van der Waals surface area contributed by atoms with Gasteiger partial charge in [-0.25, -0.2) is 0 Å². The van der Waals surface area contributed by atoms with Crippen molar-refractivity contribution in [3.63, 3.8) is 0 Å². The summed E-state index contributed by atoms with van der Waals surface area (Å²) in [5.74, 6) is 0.324. The first-order chi connectivity index (χ1) is 6.00. The van der Waals surface area contributed by atoms with E-state index in [4.69, 9.17) is 11.5 Å². The fourth-order valence-corrected chi connectivity index (χ4v) is 0.722. The molecule has 7 nitrogen and oxygen atoms in total.